The van der Waals surface area contributed by atoms with Gasteiger partial charge in [-0.05, 0) is 48.4 Å². The van der Waals surface area contributed by atoms with Gasteiger partial charge in [0.05, 0.1) is 15.6 Å². The van der Waals surface area contributed by atoms with Crippen LogP contribution in [0.3, 0.4) is 0 Å². The standard InChI is InChI=1S/C17H18ClN3O2S/c18-12-6-5-11(16(22)21-14(9-19)10-3-4-10)8-13(12)20-17(23)15-2-1-7-24-15/h1-2,5-8,10,14H,3-4,9,19H2,(H,20,23)(H,21,22). The molecule has 0 spiro atoms. The molecule has 126 valence electrons. The van der Waals surface area contributed by atoms with Gasteiger partial charge in [0, 0.05) is 18.2 Å². The Morgan fingerprint density at radius 2 is 2.08 bits per heavy atom. The lowest BCUT2D eigenvalue weighted by molar-refractivity contribution is 0.0932. The maximum atomic E-state index is 12.4. The Morgan fingerprint density at radius 3 is 2.71 bits per heavy atom. The molecule has 1 saturated carbocycles. The fourth-order valence-electron chi connectivity index (χ4n) is 2.47. The van der Waals surface area contributed by atoms with Gasteiger partial charge in [-0.25, -0.2) is 0 Å². The fourth-order valence-corrected chi connectivity index (χ4v) is 3.26. The lowest BCUT2D eigenvalue weighted by atomic mass is 10.1. The van der Waals surface area contributed by atoms with Crippen molar-refractivity contribution in [1.82, 2.24) is 5.32 Å². The van der Waals surface area contributed by atoms with Crippen LogP contribution in [-0.2, 0) is 0 Å². The second-order valence-electron chi connectivity index (χ2n) is 5.78. The number of hydrogen-bond donors (Lipinski definition) is 3. The summed E-state index contributed by atoms with van der Waals surface area (Å²) in [6, 6.07) is 8.36. The Balaban J connectivity index is 1.73. The average Bonchev–Trinajstić information content (AvgIpc) is 3.27. The number of thiophene rings is 1. The molecule has 1 aliphatic carbocycles. The topological polar surface area (TPSA) is 84.2 Å². The number of hydrogen-bond acceptors (Lipinski definition) is 4. The van der Waals surface area contributed by atoms with E-state index in [0.717, 1.165) is 12.8 Å². The van der Waals surface area contributed by atoms with E-state index < -0.39 is 0 Å². The van der Waals surface area contributed by atoms with Crippen molar-refractivity contribution in [3.63, 3.8) is 0 Å². The van der Waals surface area contributed by atoms with Crippen molar-refractivity contribution in [3.8, 4) is 0 Å². The van der Waals surface area contributed by atoms with Gasteiger partial charge in [0.1, 0.15) is 0 Å². The summed E-state index contributed by atoms with van der Waals surface area (Å²) < 4.78 is 0. The lowest BCUT2D eigenvalue weighted by Gasteiger charge is -2.16. The Kier molecular flexibility index (Phi) is 5.18. The zero-order valence-corrected chi connectivity index (χ0v) is 14.5. The molecule has 1 atom stereocenters. The Morgan fingerprint density at radius 1 is 1.29 bits per heavy atom. The van der Waals surface area contributed by atoms with E-state index in [4.69, 9.17) is 17.3 Å². The van der Waals surface area contributed by atoms with Crippen molar-refractivity contribution in [2.24, 2.45) is 11.7 Å². The van der Waals surface area contributed by atoms with Crippen molar-refractivity contribution in [2.75, 3.05) is 11.9 Å². The van der Waals surface area contributed by atoms with Gasteiger partial charge >= 0.3 is 0 Å². The molecule has 1 unspecified atom stereocenters. The maximum absolute atomic E-state index is 12.4. The van der Waals surface area contributed by atoms with Gasteiger partial charge in [0.15, 0.2) is 0 Å². The van der Waals surface area contributed by atoms with Crippen molar-refractivity contribution in [1.29, 1.82) is 0 Å². The molecule has 2 aromatic rings. The molecule has 0 radical (unpaired) electrons. The van der Waals surface area contributed by atoms with E-state index >= 15 is 0 Å². The number of carbonyl (C=O) groups excluding carboxylic acids is 2. The number of rotatable bonds is 6. The monoisotopic (exact) mass is 363 g/mol. The third-order valence-electron chi connectivity index (χ3n) is 3.98. The number of benzene rings is 1. The molecule has 1 heterocycles. The smallest absolute Gasteiger partial charge is 0.265 e. The third kappa shape index (κ3) is 3.95. The van der Waals surface area contributed by atoms with Crippen molar-refractivity contribution >= 4 is 40.4 Å². The summed E-state index contributed by atoms with van der Waals surface area (Å²) in [5.41, 5.74) is 6.58. The van der Waals surface area contributed by atoms with Crippen LogP contribution in [0.5, 0.6) is 0 Å². The molecule has 0 aliphatic heterocycles. The van der Waals surface area contributed by atoms with Crippen LogP contribution in [0.1, 0.15) is 32.9 Å². The molecule has 0 saturated heterocycles. The predicted octanol–water partition coefficient (Wildman–Crippen LogP) is 3.12. The van der Waals surface area contributed by atoms with E-state index in [1.807, 2.05) is 5.38 Å². The van der Waals surface area contributed by atoms with Crippen LogP contribution in [-0.4, -0.2) is 24.4 Å². The van der Waals surface area contributed by atoms with Crippen molar-refractivity contribution in [3.05, 3.63) is 51.2 Å². The molecular formula is C17H18ClN3O2S. The highest BCUT2D eigenvalue weighted by Crippen LogP contribution is 2.32. The Bertz CT molecular complexity index is 744. The highest BCUT2D eigenvalue weighted by atomic mass is 35.5. The van der Waals surface area contributed by atoms with Crippen LogP contribution in [0, 0.1) is 5.92 Å². The minimum atomic E-state index is -0.248. The van der Waals surface area contributed by atoms with E-state index in [-0.39, 0.29) is 17.9 Å². The molecule has 2 amide bonds. The van der Waals surface area contributed by atoms with E-state index in [1.54, 1.807) is 30.3 Å². The summed E-state index contributed by atoms with van der Waals surface area (Å²) in [4.78, 5) is 25.1. The number of amides is 2. The first-order valence-corrected chi connectivity index (χ1v) is 8.99. The van der Waals surface area contributed by atoms with Gasteiger partial charge in [-0.15, -0.1) is 11.3 Å². The number of halogens is 1. The van der Waals surface area contributed by atoms with Gasteiger partial charge in [0.2, 0.25) is 0 Å². The number of carbonyl (C=O) groups is 2. The molecule has 24 heavy (non-hydrogen) atoms. The molecule has 5 nitrogen and oxygen atoms in total. The van der Waals surface area contributed by atoms with Crippen LogP contribution in [0.15, 0.2) is 35.7 Å². The molecule has 7 heteroatoms. The molecule has 1 aliphatic rings. The van der Waals surface area contributed by atoms with Crippen molar-refractivity contribution in [2.45, 2.75) is 18.9 Å². The molecule has 1 aromatic heterocycles. The van der Waals surface area contributed by atoms with E-state index in [9.17, 15) is 9.59 Å². The van der Waals surface area contributed by atoms with Gasteiger partial charge in [-0.3, -0.25) is 9.59 Å². The molecule has 1 fully saturated rings. The Labute approximate surface area is 149 Å². The zero-order chi connectivity index (χ0) is 17.1. The molecule has 1 aromatic carbocycles. The van der Waals surface area contributed by atoms with Gasteiger partial charge in [0.25, 0.3) is 11.8 Å². The fraction of sp³-hybridized carbons (Fsp3) is 0.294. The van der Waals surface area contributed by atoms with E-state index in [1.165, 1.54) is 11.3 Å². The second kappa shape index (κ2) is 7.34. The minimum absolute atomic E-state index is 0.00246. The number of nitrogens with two attached hydrogens (primary N) is 1. The molecule has 4 N–H and O–H groups in total. The van der Waals surface area contributed by atoms with Crippen LogP contribution < -0.4 is 16.4 Å². The summed E-state index contributed by atoms with van der Waals surface area (Å²) in [6.07, 6.45) is 2.20. The first kappa shape index (κ1) is 17.0. The van der Waals surface area contributed by atoms with Crippen LogP contribution in [0.4, 0.5) is 5.69 Å². The maximum Gasteiger partial charge on any atom is 0.265 e. The third-order valence-corrected chi connectivity index (χ3v) is 5.18. The number of anilines is 1. The van der Waals surface area contributed by atoms with Gasteiger partial charge < -0.3 is 16.4 Å². The first-order valence-electron chi connectivity index (χ1n) is 7.74. The van der Waals surface area contributed by atoms with E-state index in [0.29, 0.717) is 33.6 Å². The average molecular weight is 364 g/mol. The van der Waals surface area contributed by atoms with Crippen molar-refractivity contribution < 1.29 is 9.59 Å². The Hall–Kier alpha value is -1.89. The quantitative estimate of drug-likeness (QED) is 0.737. The lowest BCUT2D eigenvalue weighted by Crippen LogP contribution is -2.41. The summed E-state index contributed by atoms with van der Waals surface area (Å²) in [5.74, 6) is 0.0205. The number of nitrogens with one attached hydrogen (secondary N) is 2. The summed E-state index contributed by atoms with van der Waals surface area (Å²) in [7, 11) is 0. The zero-order valence-electron chi connectivity index (χ0n) is 12.9. The van der Waals surface area contributed by atoms with Crippen LogP contribution >= 0.6 is 22.9 Å². The molecule has 3 rings (SSSR count). The largest absolute Gasteiger partial charge is 0.348 e. The van der Waals surface area contributed by atoms with Gasteiger partial charge in [-0.1, -0.05) is 17.7 Å². The van der Waals surface area contributed by atoms with Gasteiger partial charge in [-0.2, -0.15) is 0 Å². The normalized spacial score (nSPS) is 14.9. The predicted molar refractivity (Wildman–Crippen MR) is 96.8 cm³/mol. The summed E-state index contributed by atoms with van der Waals surface area (Å²) in [5, 5.41) is 7.91. The molecular weight excluding hydrogens is 346 g/mol. The highest BCUT2D eigenvalue weighted by molar-refractivity contribution is 7.12. The van der Waals surface area contributed by atoms with E-state index in [2.05, 4.69) is 10.6 Å². The summed E-state index contributed by atoms with van der Waals surface area (Å²) >= 11 is 7.48. The minimum Gasteiger partial charge on any atom is -0.348 e. The summed E-state index contributed by atoms with van der Waals surface area (Å²) in [6.45, 7) is 0.423. The van der Waals surface area contributed by atoms with Crippen LogP contribution in [0.25, 0.3) is 0 Å². The first-order chi connectivity index (χ1) is 11.6. The highest BCUT2D eigenvalue weighted by Gasteiger charge is 2.31. The second-order valence-corrected chi connectivity index (χ2v) is 7.13. The molecule has 0 bridgehead atoms. The SMILES string of the molecule is NCC(NC(=O)c1ccc(Cl)c(NC(=O)c2cccs2)c1)C1CC1. The van der Waals surface area contributed by atoms with Crippen LogP contribution in [0.2, 0.25) is 5.02 Å².